The number of hydrogen-bond acceptors (Lipinski definition) is 4. The van der Waals surface area contributed by atoms with E-state index in [1.807, 2.05) is 6.92 Å². The quantitative estimate of drug-likeness (QED) is 0.680. The van der Waals surface area contributed by atoms with E-state index in [0.29, 0.717) is 11.6 Å². The van der Waals surface area contributed by atoms with Crippen molar-refractivity contribution in [2.45, 2.75) is 6.92 Å². The highest BCUT2D eigenvalue weighted by molar-refractivity contribution is 5.95. The Kier molecular flexibility index (Phi) is 2.33. The molecular formula is C9H14N4O. The van der Waals surface area contributed by atoms with Crippen molar-refractivity contribution in [2.75, 3.05) is 13.1 Å². The van der Waals surface area contributed by atoms with Gasteiger partial charge in [-0.25, -0.2) is 0 Å². The predicted molar refractivity (Wildman–Crippen MR) is 50.9 cm³/mol. The zero-order valence-electron chi connectivity index (χ0n) is 8.40. The van der Waals surface area contributed by atoms with Gasteiger partial charge in [0.15, 0.2) is 5.78 Å². The van der Waals surface area contributed by atoms with Gasteiger partial charge in [0.1, 0.15) is 5.69 Å². The predicted octanol–water partition coefficient (Wildman–Crippen LogP) is -0.147. The molecular weight excluding hydrogens is 180 g/mol. The Bertz CT molecular complexity index is 342. The van der Waals surface area contributed by atoms with Crippen LogP contribution in [-0.2, 0) is 7.05 Å². The van der Waals surface area contributed by atoms with E-state index >= 15 is 0 Å². The number of nitrogens with one attached hydrogen (secondary N) is 1. The van der Waals surface area contributed by atoms with Gasteiger partial charge >= 0.3 is 0 Å². The van der Waals surface area contributed by atoms with Crippen LogP contribution in [0.1, 0.15) is 17.4 Å². The summed E-state index contributed by atoms with van der Waals surface area (Å²) in [5, 5.41) is 10.7. The largest absolute Gasteiger partial charge is 0.316 e. The van der Waals surface area contributed by atoms with E-state index in [4.69, 9.17) is 0 Å². The highest BCUT2D eigenvalue weighted by Gasteiger charge is 2.30. The molecule has 0 amide bonds. The van der Waals surface area contributed by atoms with Gasteiger partial charge in [-0.05, 0) is 19.0 Å². The van der Waals surface area contributed by atoms with Crippen molar-refractivity contribution in [3.05, 3.63) is 11.9 Å². The second kappa shape index (κ2) is 3.49. The van der Waals surface area contributed by atoms with Gasteiger partial charge < -0.3 is 5.32 Å². The fourth-order valence-corrected chi connectivity index (χ4v) is 1.57. The van der Waals surface area contributed by atoms with E-state index in [1.54, 1.807) is 17.9 Å². The van der Waals surface area contributed by atoms with Gasteiger partial charge in [-0.15, -0.1) is 5.10 Å². The first kappa shape index (κ1) is 9.33. The van der Waals surface area contributed by atoms with E-state index in [0.717, 1.165) is 13.1 Å². The molecule has 2 heterocycles. The summed E-state index contributed by atoms with van der Waals surface area (Å²) in [6.45, 7) is 3.84. The molecule has 1 unspecified atom stereocenters. The number of aryl methyl sites for hydroxylation is 1. The smallest absolute Gasteiger partial charge is 0.187 e. The second-order valence-corrected chi connectivity index (χ2v) is 3.85. The lowest BCUT2D eigenvalue weighted by molar-refractivity contribution is 0.0848. The van der Waals surface area contributed by atoms with Gasteiger partial charge in [-0.1, -0.05) is 12.1 Å². The number of aromatic nitrogens is 3. The maximum atomic E-state index is 11.8. The second-order valence-electron chi connectivity index (χ2n) is 3.85. The minimum Gasteiger partial charge on any atom is -0.316 e. The summed E-state index contributed by atoms with van der Waals surface area (Å²) in [6.07, 6.45) is 1.67. The van der Waals surface area contributed by atoms with E-state index in [9.17, 15) is 4.79 Å². The summed E-state index contributed by atoms with van der Waals surface area (Å²) >= 11 is 0. The first-order valence-corrected chi connectivity index (χ1v) is 4.79. The molecule has 5 heteroatoms. The molecule has 2 rings (SSSR count). The zero-order valence-corrected chi connectivity index (χ0v) is 8.40. The summed E-state index contributed by atoms with van der Waals surface area (Å²) in [7, 11) is 1.76. The van der Waals surface area contributed by atoms with Crippen LogP contribution in [0.4, 0.5) is 0 Å². The molecule has 5 nitrogen and oxygen atoms in total. The van der Waals surface area contributed by atoms with Crippen LogP contribution in [0, 0.1) is 11.8 Å². The average Bonchev–Trinajstić information content (AvgIpc) is 2.47. The molecule has 0 saturated carbocycles. The Morgan fingerprint density at radius 2 is 2.43 bits per heavy atom. The van der Waals surface area contributed by atoms with Crippen molar-refractivity contribution >= 4 is 5.78 Å². The SMILES string of the molecule is CC(C(=O)c1cn(C)nn1)C1CNC1. The molecule has 0 bridgehead atoms. The number of ketones is 1. The lowest BCUT2D eigenvalue weighted by Gasteiger charge is -2.31. The first-order chi connectivity index (χ1) is 6.68. The third-order valence-electron chi connectivity index (χ3n) is 2.79. The number of carbonyl (C=O) groups is 1. The fourth-order valence-electron chi connectivity index (χ4n) is 1.57. The Morgan fingerprint density at radius 3 is 2.86 bits per heavy atom. The van der Waals surface area contributed by atoms with Crippen molar-refractivity contribution in [2.24, 2.45) is 18.9 Å². The third-order valence-corrected chi connectivity index (χ3v) is 2.79. The molecule has 1 aromatic heterocycles. The van der Waals surface area contributed by atoms with Crippen molar-refractivity contribution in [3.63, 3.8) is 0 Å². The summed E-state index contributed by atoms with van der Waals surface area (Å²) < 4.78 is 1.55. The monoisotopic (exact) mass is 194 g/mol. The Morgan fingerprint density at radius 1 is 1.71 bits per heavy atom. The van der Waals surface area contributed by atoms with Gasteiger partial charge in [-0.3, -0.25) is 9.48 Å². The average molecular weight is 194 g/mol. The van der Waals surface area contributed by atoms with E-state index in [-0.39, 0.29) is 11.7 Å². The van der Waals surface area contributed by atoms with Gasteiger partial charge in [0.05, 0.1) is 6.20 Å². The summed E-state index contributed by atoms with van der Waals surface area (Å²) in [4.78, 5) is 11.8. The van der Waals surface area contributed by atoms with Crippen LogP contribution < -0.4 is 5.32 Å². The molecule has 1 atom stereocenters. The summed E-state index contributed by atoms with van der Waals surface area (Å²) in [5.41, 5.74) is 0.479. The van der Waals surface area contributed by atoms with Gasteiger partial charge in [0.2, 0.25) is 0 Å². The minimum absolute atomic E-state index is 0.0490. The number of hydrogen-bond donors (Lipinski definition) is 1. The normalized spacial score (nSPS) is 19.0. The summed E-state index contributed by atoms with van der Waals surface area (Å²) in [6, 6.07) is 0. The van der Waals surface area contributed by atoms with Gasteiger partial charge in [-0.2, -0.15) is 0 Å². The molecule has 1 aromatic rings. The van der Waals surface area contributed by atoms with E-state index < -0.39 is 0 Å². The van der Waals surface area contributed by atoms with Crippen LogP contribution in [-0.4, -0.2) is 33.9 Å². The molecule has 1 saturated heterocycles. The first-order valence-electron chi connectivity index (χ1n) is 4.79. The molecule has 1 N–H and O–H groups in total. The van der Waals surface area contributed by atoms with Crippen molar-refractivity contribution in [1.29, 1.82) is 0 Å². The number of carbonyl (C=O) groups excluding carboxylic acids is 1. The highest BCUT2D eigenvalue weighted by Crippen LogP contribution is 2.19. The van der Waals surface area contributed by atoms with Crippen LogP contribution in [0.15, 0.2) is 6.20 Å². The Balaban J connectivity index is 2.07. The van der Waals surface area contributed by atoms with Crippen molar-refractivity contribution in [3.8, 4) is 0 Å². The van der Waals surface area contributed by atoms with Crippen LogP contribution in [0.2, 0.25) is 0 Å². The van der Waals surface area contributed by atoms with Crippen LogP contribution in [0.25, 0.3) is 0 Å². The number of rotatable bonds is 3. The Hall–Kier alpha value is -1.23. The summed E-state index contributed by atoms with van der Waals surface area (Å²) in [5.74, 6) is 0.613. The molecule has 0 aliphatic carbocycles. The van der Waals surface area contributed by atoms with Gasteiger partial charge in [0.25, 0.3) is 0 Å². The molecule has 76 valence electrons. The molecule has 1 aliphatic heterocycles. The lowest BCUT2D eigenvalue weighted by Crippen LogP contribution is -2.47. The van der Waals surface area contributed by atoms with E-state index in [2.05, 4.69) is 15.6 Å². The Labute approximate surface area is 82.5 Å². The molecule has 1 fully saturated rings. The molecule has 0 aromatic carbocycles. The topological polar surface area (TPSA) is 59.8 Å². The van der Waals surface area contributed by atoms with E-state index in [1.165, 1.54) is 0 Å². The van der Waals surface area contributed by atoms with Crippen LogP contribution >= 0.6 is 0 Å². The molecule has 0 spiro atoms. The fraction of sp³-hybridized carbons (Fsp3) is 0.667. The lowest BCUT2D eigenvalue weighted by atomic mass is 9.85. The van der Waals surface area contributed by atoms with Crippen LogP contribution in [0.3, 0.4) is 0 Å². The molecule has 0 radical (unpaired) electrons. The minimum atomic E-state index is 0.0490. The number of Topliss-reactive ketones (excluding diaryl/α,β-unsaturated/α-hetero) is 1. The standard InChI is InChI=1S/C9H14N4O/c1-6(7-3-10-4-7)9(14)8-5-13(2)12-11-8/h5-7,10H,3-4H2,1-2H3. The highest BCUT2D eigenvalue weighted by atomic mass is 16.1. The number of nitrogens with zero attached hydrogens (tertiary/aromatic N) is 3. The molecule has 14 heavy (non-hydrogen) atoms. The van der Waals surface area contributed by atoms with Crippen molar-refractivity contribution < 1.29 is 4.79 Å². The zero-order chi connectivity index (χ0) is 10.1. The maximum Gasteiger partial charge on any atom is 0.187 e. The van der Waals surface area contributed by atoms with Crippen molar-refractivity contribution in [1.82, 2.24) is 20.3 Å². The van der Waals surface area contributed by atoms with Crippen LogP contribution in [0.5, 0.6) is 0 Å². The third kappa shape index (κ3) is 1.55. The maximum absolute atomic E-state index is 11.8. The van der Waals surface area contributed by atoms with Gasteiger partial charge in [0, 0.05) is 13.0 Å². The molecule has 1 aliphatic rings.